The van der Waals surface area contributed by atoms with E-state index in [2.05, 4.69) is 0 Å². The highest BCUT2D eigenvalue weighted by Crippen LogP contribution is 2.61. The maximum Gasteiger partial charge on any atom is 0.343 e. The zero-order valence-corrected chi connectivity index (χ0v) is 17.5. The molecule has 4 rings (SSSR count). The number of aliphatic hydroxyl groups is 1. The number of carbonyl (C=O) groups is 2. The largest absolute Gasteiger partial charge is 0.384 e. The second-order valence-electron chi connectivity index (χ2n) is 9.53. The highest BCUT2D eigenvalue weighted by Gasteiger charge is 2.79. The van der Waals surface area contributed by atoms with Gasteiger partial charge in [-0.1, -0.05) is 56.4 Å². The Labute approximate surface area is 177 Å². The number of aliphatic hydroxyl groups excluding tert-OH is 1. The molecule has 30 heavy (non-hydrogen) atoms. The molecule has 4 atom stereocenters. The molecule has 0 spiro atoms. The summed E-state index contributed by atoms with van der Waals surface area (Å²) in [6.45, 7) is 0.862. The number of amides is 2. The lowest BCUT2D eigenvalue weighted by atomic mass is 9.85. The Morgan fingerprint density at radius 2 is 1.80 bits per heavy atom. The third-order valence-electron chi connectivity index (χ3n) is 7.83. The number of piperidine rings is 1. The molecule has 2 saturated carbocycles. The smallest absolute Gasteiger partial charge is 0.343 e. The number of nitrogens with zero attached hydrogens (tertiary/aromatic N) is 1. The van der Waals surface area contributed by atoms with Crippen molar-refractivity contribution in [1.82, 2.24) is 0 Å². The van der Waals surface area contributed by atoms with Crippen LogP contribution < -0.4 is 11.5 Å². The van der Waals surface area contributed by atoms with E-state index in [4.69, 9.17) is 16.9 Å². The Hall–Kier alpha value is -2.25. The number of amidine groups is 1. The molecule has 3 aliphatic rings. The Bertz CT molecular complexity index is 849. The first-order valence-electron chi connectivity index (χ1n) is 11.1. The van der Waals surface area contributed by atoms with Gasteiger partial charge in [0.05, 0.1) is 6.54 Å². The molecule has 1 unspecified atom stereocenters. The minimum atomic E-state index is -1.07. The number of likely N-dealkylation sites (tertiary alicyclic amines) is 1. The van der Waals surface area contributed by atoms with Crippen LogP contribution in [0.15, 0.2) is 24.3 Å². The Morgan fingerprint density at radius 1 is 1.13 bits per heavy atom. The van der Waals surface area contributed by atoms with Gasteiger partial charge in [0.2, 0.25) is 0 Å². The lowest BCUT2D eigenvalue weighted by Crippen LogP contribution is -2.66. The summed E-state index contributed by atoms with van der Waals surface area (Å²) in [5.74, 6) is -0.202. The predicted molar refractivity (Wildman–Crippen MR) is 113 cm³/mol. The summed E-state index contributed by atoms with van der Waals surface area (Å²) in [6, 6.07) is 7.22. The number of nitrogens with one attached hydrogen (secondary N) is 1. The number of fused-ring (bicyclic) bond motifs is 1. The lowest BCUT2D eigenvalue weighted by Gasteiger charge is -2.40. The van der Waals surface area contributed by atoms with Crippen LogP contribution in [0.5, 0.6) is 0 Å². The second kappa shape index (κ2) is 7.78. The number of hydrogen-bond acceptors (Lipinski definition) is 4. The molecule has 1 heterocycles. The molecule has 2 aliphatic carbocycles. The van der Waals surface area contributed by atoms with Gasteiger partial charge in [0.1, 0.15) is 12.4 Å². The molecule has 7 heteroatoms. The topological polar surface area (TPSA) is 130 Å². The normalized spacial score (nSPS) is 31.7. The van der Waals surface area contributed by atoms with Crippen molar-refractivity contribution in [1.29, 1.82) is 5.41 Å². The van der Waals surface area contributed by atoms with Crippen LogP contribution in [-0.2, 0) is 16.1 Å². The van der Waals surface area contributed by atoms with E-state index in [1.807, 2.05) is 12.1 Å². The number of carbonyl (C=O) groups excluding carboxylic acids is 2. The molecule has 1 aliphatic heterocycles. The van der Waals surface area contributed by atoms with E-state index in [0.717, 1.165) is 37.7 Å². The van der Waals surface area contributed by atoms with Gasteiger partial charge in [-0.25, -0.2) is 9.28 Å². The van der Waals surface area contributed by atoms with Crippen LogP contribution in [0.25, 0.3) is 0 Å². The molecule has 162 valence electrons. The van der Waals surface area contributed by atoms with Crippen LogP contribution in [0.2, 0.25) is 0 Å². The molecule has 0 radical (unpaired) electrons. The molecule has 0 bridgehead atoms. The van der Waals surface area contributed by atoms with Crippen molar-refractivity contribution >= 4 is 17.6 Å². The van der Waals surface area contributed by atoms with Gasteiger partial charge in [0, 0.05) is 29.9 Å². The van der Waals surface area contributed by atoms with Gasteiger partial charge < -0.3 is 16.6 Å². The maximum absolute atomic E-state index is 13.7. The van der Waals surface area contributed by atoms with Gasteiger partial charge in [-0.2, -0.15) is 0 Å². The van der Waals surface area contributed by atoms with Crippen molar-refractivity contribution in [3.8, 4) is 0 Å². The second-order valence-corrected chi connectivity index (χ2v) is 9.53. The van der Waals surface area contributed by atoms with E-state index in [9.17, 15) is 14.7 Å². The summed E-state index contributed by atoms with van der Waals surface area (Å²) in [5, 5.41) is 18.5. The van der Waals surface area contributed by atoms with E-state index in [1.165, 1.54) is 6.42 Å². The van der Waals surface area contributed by atoms with Crippen LogP contribution in [0, 0.1) is 17.2 Å². The monoisotopic (exact) mass is 413 g/mol. The summed E-state index contributed by atoms with van der Waals surface area (Å²) in [4.78, 5) is 26.3. The first-order chi connectivity index (χ1) is 14.3. The average molecular weight is 414 g/mol. The van der Waals surface area contributed by atoms with Crippen molar-refractivity contribution in [2.45, 2.75) is 69.6 Å². The Kier molecular flexibility index (Phi) is 5.45. The van der Waals surface area contributed by atoms with Gasteiger partial charge in [0.15, 0.2) is 11.6 Å². The summed E-state index contributed by atoms with van der Waals surface area (Å²) in [5.41, 5.74) is 12.0. The summed E-state index contributed by atoms with van der Waals surface area (Å²) in [7, 11) is 0. The lowest BCUT2D eigenvalue weighted by molar-refractivity contribution is -0.886. The standard InChI is InChI=1S/C23H32N4O3/c24-20(25)17-8-6-16(7-9-17)14-27(11-10-18-13-23(18,27)22(26)30)21(29)19(28)12-15-4-2-1-3-5-15/h6-9,15,18-19,28H,1-5,10-14H2,(H4-,24,25,26,30)/p+1/t18-,19-,23+,27?/m1/s1. The van der Waals surface area contributed by atoms with Crippen LogP contribution in [0.1, 0.15) is 62.5 Å². The summed E-state index contributed by atoms with van der Waals surface area (Å²) in [6.07, 6.45) is 6.45. The molecule has 1 aromatic rings. The van der Waals surface area contributed by atoms with Gasteiger partial charge in [-0.3, -0.25) is 10.2 Å². The van der Waals surface area contributed by atoms with E-state index in [-0.39, 0.29) is 22.1 Å². The van der Waals surface area contributed by atoms with Crippen molar-refractivity contribution in [3.05, 3.63) is 35.4 Å². The minimum absolute atomic E-state index is 0.0125. The number of nitrogen functional groups attached to an aromatic ring is 1. The van der Waals surface area contributed by atoms with Gasteiger partial charge in [-0.15, -0.1) is 0 Å². The first-order valence-corrected chi connectivity index (χ1v) is 11.1. The van der Waals surface area contributed by atoms with Crippen molar-refractivity contribution < 1.29 is 19.2 Å². The predicted octanol–water partition coefficient (Wildman–Crippen LogP) is 1.79. The molecule has 0 aromatic heterocycles. The third-order valence-corrected chi connectivity index (χ3v) is 7.83. The zero-order valence-electron chi connectivity index (χ0n) is 17.5. The molecule has 1 aromatic carbocycles. The molecule has 1 saturated heterocycles. The fourth-order valence-electron chi connectivity index (χ4n) is 6.10. The van der Waals surface area contributed by atoms with Crippen molar-refractivity contribution in [2.75, 3.05) is 6.54 Å². The fourth-order valence-corrected chi connectivity index (χ4v) is 6.10. The fraction of sp³-hybridized carbons (Fsp3) is 0.609. The number of hydrogen-bond donors (Lipinski definition) is 4. The van der Waals surface area contributed by atoms with Gasteiger partial charge in [0.25, 0.3) is 5.91 Å². The van der Waals surface area contributed by atoms with Crippen LogP contribution in [0.3, 0.4) is 0 Å². The third kappa shape index (κ3) is 3.34. The minimum Gasteiger partial charge on any atom is -0.384 e. The van der Waals surface area contributed by atoms with Crippen molar-refractivity contribution in [2.24, 2.45) is 23.3 Å². The van der Waals surface area contributed by atoms with E-state index >= 15 is 0 Å². The number of benzene rings is 1. The van der Waals surface area contributed by atoms with E-state index in [1.54, 1.807) is 12.1 Å². The average Bonchev–Trinajstić information content (AvgIpc) is 3.40. The number of primary amides is 1. The molecule has 7 nitrogen and oxygen atoms in total. The molecule has 3 fully saturated rings. The quantitative estimate of drug-likeness (QED) is 0.308. The van der Waals surface area contributed by atoms with Crippen molar-refractivity contribution in [3.63, 3.8) is 0 Å². The SMILES string of the molecule is N=C(N)c1ccc(C[N+]2(C(=O)[C@H](O)CC3CCCCC3)CC[C@@H]3C[C@@]32C(N)=O)cc1. The summed E-state index contributed by atoms with van der Waals surface area (Å²) < 4.78 is -0.0691. The van der Waals surface area contributed by atoms with Gasteiger partial charge in [-0.05, 0) is 12.3 Å². The van der Waals surface area contributed by atoms with Gasteiger partial charge >= 0.3 is 5.91 Å². The number of quaternary nitrogens is 1. The highest BCUT2D eigenvalue weighted by molar-refractivity contribution is 5.95. The number of rotatable bonds is 7. The summed E-state index contributed by atoms with van der Waals surface area (Å²) >= 11 is 0. The maximum atomic E-state index is 13.7. The van der Waals surface area contributed by atoms with Crippen LogP contribution in [-0.4, -0.2) is 45.4 Å². The van der Waals surface area contributed by atoms with Crippen LogP contribution in [0.4, 0.5) is 0 Å². The van der Waals surface area contributed by atoms with Crippen LogP contribution >= 0.6 is 0 Å². The molecule has 2 amide bonds. The Morgan fingerprint density at radius 3 is 2.37 bits per heavy atom. The zero-order chi connectivity index (χ0) is 21.5. The highest BCUT2D eigenvalue weighted by atomic mass is 16.3. The molecule has 6 N–H and O–H groups in total. The Balaban J connectivity index is 1.62. The van der Waals surface area contributed by atoms with E-state index in [0.29, 0.717) is 37.4 Å². The first kappa shape index (κ1) is 21.0. The number of nitrogens with two attached hydrogens (primary N) is 2. The molecular weight excluding hydrogens is 380 g/mol. The van der Waals surface area contributed by atoms with E-state index < -0.39 is 17.6 Å². The molecular formula is C23H33N4O3+.